The van der Waals surface area contributed by atoms with E-state index in [9.17, 15) is 0 Å². The van der Waals surface area contributed by atoms with E-state index in [1.807, 2.05) is 18.2 Å². The van der Waals surface area contributed by atoms with Gasteiger partial charge in [0.2, 0.25) is 0 Å². The van der Waals surface area contributed by atoms with Gasteiger partial charge in [-0.2, -0.15) is 0 Å². The second-order valence-electron chi connectivity index (χ2n) is 6.29. The van der Waals surface area contributed by atoms with Crippen LogP contribution >= 0.6 is 23.2 Å². The zero-order chi connectivity index (χ0) is 16.0. The number of hydrogen-bond acceptors (Lipinski definition) is 1. The first-order chi connectivity index (χ1) is 11.1. The van der Waals surface area contributed by atoms with Gasteiger partial charge in [0.15, 0.2) is 0 Å². The summed E-state index contributed by atoms with van der Waals surface area (Å²) in [6, 6.07) is 14.3. The van der Waals surface area contributed by atoms with Crippen LogP contribution in [0.3, 0.4) is 0 Å². The van der Waals surface area contributed by atoms with Crippen molar-refractivity contribution < 1.29 is 0 Å². The van der Waals surface area contributed by atoms with E-state index in [2.05, 4.69) is 40.8 Å². The number of aromatic nitrogens is 1. The Morgan fingerprint density at radius 2 is 1.74 bits per heavy atom. The predicted octanol–water partition coefficient (Wildman–Crippen LogP) is 4.98. The summed E-state index contributed by atoms with van der Waals surface area (Å²) in [7, 11) is 2.18. The monoisotopic (exact) mass is 344 g/mol. The zero-order valence-electron chi connectivity index (χ0n) is 13.0. The molecule has 4 rings (SSSR count). The first kappa shape index (κ1) is 15.1. The van der Waals surface area contributed by atoms with Crippen LogP contribution in [-0.2, 0) is 19.5 Å². The predicted molar refractivity (Wildman–Crippen MR) is 97.5 cm³/mol. The van der Waals surface area contributed by atoms with Gasteiger partial charge in [-0.3, -0.25) is 0 Å². The lowest BCUT2D eigenvalue weighted by atomic mass is 10.1. The third kappa shape index (κ3) is 2.76. The van der Waals surface area contributed by atoms with Crippen LogP contribution in [0.15, 0.2) is 42.5 Å². The van der Waals surface area contributed by atoms with E-state index in [0.717, 1.165) is 36.1 Å². The van der Waals surface area contributed by atoms with Crippen molar-refractivity contribution in [3.8, 4) is 0 Å². The molecule has 118 valence electrons. The smallest absolute Gasteiger partial charge is 0.0504 e. The molecular weight excluding hydrogens is 327 g/mol. The molecule has 0 saturated heterocycles. The quantitative estimate of drug-likeness (QED) is 0.636. The first-order valence-corrected chi connectivity index (χ1v) is 8.60. The molecule has 2 nitrogen and oxygen atoms in total. The van der Waals surface area contributed by atoms with Crippen molar-refractivity contribution >= 4 is 34.1 Å². The van der Waals surface area contributed by atoms with Gasteiger partial charge < -0.3 is 9.47 Å². The molecule has 0 N–H and O–H groups in total. The lowest BCUT2D eigenvalue weighted by Gasteiger charge is -2.24. The molecule has 0 bridgehead atoms. The Labute approximate surface area is 146 Å². The van der Waals surface area contributed by atoms with Gasteiger partial charge in [-0.05, 0) is 42.4 Å². The molecule has 1 aliphatic heterocycles. The van der Waals surface area contributed by atoms with Gasteiger partial charge in [0.25, 0.3) is 0 Å². The fourth-order valence-corrected chi connectivity index (χ4v) is 3.80. The molecule has 0 spiro atoms. The molecule has 4 heteroatoms. The summed E-state index contributed by atoms with van der Waals surface area (Å²) in [6.07, 6.45) is 1.08. The summed E-state index contributed by atoms with van der Waals surface area (Å²) in [4.78, 5) is 2.38. The first-order valence-electron chi connectivity index (χ1n) is 7.84. The highest BCUT2D eigenvalue weighted by atomic mass is 35.5. The largest absolute Gasteiger partial charge is 0.340 e. The molecule has 3 aromatic rings. The summed E-state index contributed by atoms with van der Waals surface area (Å²) in [6.45, 7) is 2.95. The highest BCUT2D eigenvalue weighted by molar-refractivity contribution is 6.31. The second kappa shape index (κ2) is 5.86. The third-order valence-corrected chi connectivity index (χ3v) is 5.15. The average molecular weight is 345 g/mol. The average Bonchev–Trinajstić information content (AvgIpc) is 2.82. The van der Waals surface area contributed by atoms with Crippen molar-refractivity contribution in [2.24, 2.45) is 0 Å². The van der Waals surface area contributed by atoms with Crippen molar-refractivity contribution in [3.05, 3.63) is 69.3 Å². The lowest BCUT2D eigenvalue weighted by molar-refractivity contribution is 0.310. The van der Waals surface area contributed by atoms with Crippen LogP contribution in [0.25, 0.3) is 10.9 Å². The maximum Gasteiger partial charge on any atom is 0.0504 e. The number of benzene rings is 2. The molecule has 1 aromatic heterocycles. The van der Waals surface area contributed by atoms with Crippen LogP contribution in [0.4, 0.5) is 0 Å². The Morgan fingerprint density at radius 3 is 2.52 bits per heavy atom. The molecule has 1 aliphatic rings. The highest BCUT2D eigenvalue weighted by Crippen LogP contribution is 2.33. The molecule has 0 unspecified atom stereocenters. The number of rotatable bonds is 2. The minimum absolute atomic E-state index is 0.776. The van der Waals surface area contributed by atoms with E-state index in [1.54, 1.807) is 0 Å². The van der Waals surface area contributed by atoms with E-state index >= 15 is 0 Å². The Balaban J connectivity index is 1.87. The highest BCUT2D eigenvalue weighted by Gasteiger charge is 2.22. The van der Waals surface area contributed by atoms with Gasteiger partial charge in [0, 0.05) is 47.2 Å². The van der Waals surface area contributed by atoms with Crippen LogP contribution in [0.2, 0.25) is 10.0 Å². The fourth-order valence-electron chi connectivity index (χ4n) is 3.51. The number of hydrogen-bond donors (Lipinski definition) is 0. The van der Waals surface area contributed by atoms with Crippen LogP contribution in [-0.4, -0.2) is 23.1 Å². The Kier molecular flexibility index (Phi) is 3.84. The minimum atomic E-state index is 0.776. The summed E-state index contributed by atoms with van der Waals surface area (Å²) < 4.78 is 2.42. The topological polar surface area (TPSA) is 8.17 Å². The number of likely N-dealkylation sites (N-methyl/N-ethyl adjacent to an activating group) is 1. The molecule has 2 aromatic carbocycles. The van der Waals surface area contributed by atoms with Crippen LogP contribution in [0.1, 0.15) is 16.8 Å². The molecule has 2 heterocycles. The van der Waals surface area contributed by atoms with Crippen molar-refractivity contribution in [1.82, 2.24) is 9.47 Å². The Hall–Kier alpha value is -1.48. The normalized spacial score (nSPS) is 15.1. The van der Waals surface area contributed by atoms with Crippen molar-refractivity contribution in [3.63, 3.8) is 0 Å². The summed E-state index contributed by atoms with van der Waals surface area (Å²) in [5.74, 6) is 0. The van der Waals surface area contributed by atoms with Crippen LogP contribution in [0.5, 0.6) is 0 Å². The maximum absolute atomic E-state index is 6.27. The van der Waals surface area contributed by atoms with Gasteiger partial charge in [-0.15, -0.1) is 0 Å². The summed E-state index contributed by atoms with van der Waals surface area (Å²) in [5.41, 5.74) is 5.37. The summed E-state index contributed by atoms with van der Waals surface area (Å²) in [5, 5.41) is 2.89. The van der Waals surface area contributed by atoms with Gasteiger partial charge >= 0.3 is 0 Å². The Bertz CT molecular complexity index is 865. The summed E-state index contributed by atoms with van der Waals surface area (Å²) >= 11 is 12.3. The van der Waals surface area contributed by atoms with E-state index < -0.39 is 0 Å². The minimum Gasteiger partial charge on any atom is -0.340 e. The maximum atomic E-state index is 6.27. The number of halogens is 2. The van der Waals surface area contributed by atoms with Crippen LogP contribution in [0, 0.1) is 0 Å². The molecular formula is C19H18Cl2N2. The molecule has 0 saturated carbocycles. The number of fused-ring (bicyclic) bond motifs is 3. The molecule has 0 aliphatic carbocycles. The van der Waals surface area contributed by atoms with E-state index in [4.69, 9.17) is 23.2 Å². The van der Waals surface area contributed by atoms with Gasteiger partial charge in [-0.25, -0.2) is 0 Å². The van der Waals surface area contributed by atoms with Crippen molar-refractivity contribution in [2.45, 2.75) is 19.5 Å². The fraction of sp³-hybridized carbons (Fsp3) is 0.263. The SMILES string of the molecule is CN1CCc2c(c3ccc(Cl)cc3n2Cc2ccc(Cl)cc2)C1. The Morgan fingerprint density at radius 1 is 1.00 bits per heavy atom. The molecule has 0 radical (unpaired) electrons. The molecule has 0 atom stereocenters. The van der Waals surface area contributed by atoms with Crippen molar-refractivity contribution in [2.75, 3.05) is 13.6 Å². The van der Waals surface area contributed by atoms with E-state index in [-0.39, 0.29) is 0 Å². The van der Waals surface area contributed by atoms with Gasteiger partial charge in [-0.1, -0.05) is 41.4 Å². The van der Waals surface area contributed by atoms with E-state index in [0.29, 0.717) is 0 Å². The van der Waals surface area contributed by atoms with Crippen LogP contribution < -0.4 is 0 Å². The van der Waals surface area contributed by atoms with Gasteiger partial charge in [0.1, 0.15) is 0 Å². The third-order valence-electron chi connectivity index (χ3n) is 4.66. The molecule has 23 heavy (non-hydrogen) atoms. The molecule has 0 fully saturated rings. The van der Waals surface area contributed by atoms with Crippen molar-refractivity contribution in [1.29, 1.82) is 0 Å². The molecule has 0 amide bonds. The van der Waals surface area contributed by atoms with E-state index in [1.165, 1.54) is 27.7 Å². The second-order valence-corrected chi connectivity index (χ2v) is 7.16. The standard InChI is InChI=1S/C19H18Cl2N2/c1-22-9-8-18-17(12-22)16-7-6-15(21)10-19(16)23(18)11-13-2-4-14(20)5-3-13/h2-7,10H,8-9,11-12H2,1H3. The van der Waals surface area contributed by atoms with Gasteiger partial charge in [0.05, 0.1) is 5.52 Å². The lowest BCUT2D eigenvalue weighted by Crippen LogP contribution is -2.27. The number of nitrogens with zero attached hydrogens (tertiary/aromatic N) is 2. The zero-order valence-corrected chi connectivity index (χ0v) is 14.5.